The fourth-order valence-corrected chi connectivity index (χ4v) is 3.18. The van der Waals surface area contributed by atoms with Gasteiger partial charge in [-0.05, 0) is 42.4 Å². The highest BCUT2D eigenvalue weighted by molar-refractivity contribution is 5.94. The highest BCUT2D eigenvalue weighted by Crippen LogP contribution is 2.30. The van der Waals surface area contributed by atoms with E-state index in [0.717, 1.165) is 17.5 Å². The van der Waals surface area contributed by atoms with Gasteiger partial charge in [-0.15, -0.1) is 12.4 Å². The number of carbonyl (C=O) groups is 1. The zero-order valence-electron chi connectivity index (χ0n) is 13.0. The van der Waals surface area contributed by atoms with Crippen LogP contribution < -0.4 is 11.1 Å². The summed E-state index contributed by atoms with van der Waals surface area (Å²) in [5, 5.41) is 3.23. The van der Waals surface area contributed by atoms with Crippen molar-refractivity contribution in [1.29, 1.82) is 0 Å². The number of halogens is 1. The molecule has 2 unspecified atom stereocenters. The van der Waals surface area contributed by atoms with E-state index in [1.54, 1.807) is 0 Å². The lowest BCUT2D eigenvalue weighted by Gasteiger charge is -2.34. The fraction of sp³-hybridized carbons (Fsp3) is 0.588. The molecule has 3 N–H and O–H groups in total. The van der Waals surface area contributed by atoms with Crippen LogP contribution in [0, 0.1) is 11.8 Å². The maximum atomic E-state index is 12.3. The van der Waals surface area contributed by atoms with Gasteiger partial charge in [0.05, 0.1) is 0 Å². The molecule has 1 aliphatic rings. The van der Waals surface area contributed by atoms with E-state index >= 15 is 0 Å². The SMILES string of the molecule is CC(C)C1CCCCC1NC(=O)c1ccc(CN)cc1.Cl. The summed E-state index contributed by atoms with van der Waals surface area (Å²) in [7, 11) is 0. The van der Waals surface area contributed by atoms with Crippen LogP contribution in [0.3, 0.4) is 0 Å². The summed E-state index contributed by atoms with van der Waals surface area (Å²) in [6.45, 7) is 5.02. The lowest BCUT2D eigenvalue weighted by molar-refractivity contribution is 0.0889. The van der Waals surface area contributed by atoms with E-state index in [2.05, 4.69) is 19.2 Å². The van der Waals surface area contributed by atoms with Gasteiger partial charge in [0.2, 0.25) is 0 Å². The average molecular weight is 311 g/mol. The van der Waals surface area contributed by atoms with Gasteiger partial charge < -0.3 is 11.1 Å². The number of nitrogens with two attached hydrogens (primary N) is 1. The van der Waals surface area contributed by atoms with Crippen molar-refractivity contribution in [3.8, 4) is 0 Å². The number of nitrogens with one attached hydrogen (secondary N) is 1. The van der Waals surface area contributed by atoms with Gasteiger partial charge in [-0.25, -0.2) is 0 Å². The number of hydrogen-bond acceptors (Lipinski definition) is 2. The smallest absolute Gasteiger partial charge is 0.251 e. The van der Waals surface area contributed by atoms with Crippen LogP contribution >= 0.6 is 12.4 Å². The Morgan fingerprint density at radius 1 is 1.24 bits per heavy atom. The largest absolute Gasteiger partial charge is 0.349 e. The van der Waals surface area contributed by atoms with Gasteiger partial charge in [-0.1, -0.05) is 38.8 Å². The van der Waals surface area contributed by atoms with E-state index < -0.39 is 0 Å². The van der Waals surface area contributed by atoms with Gasteiger partial charge in [-0.2, -0.15) is 0 Å². The van der Waals surface area contributed by atoms with Gasteiger partial charge >= 0.3 is 0 Å². The maximum Gasteiger partial charge on any atom is 0.251 e. The number of benzene rings is 1. The molecule has 0 radical (unpaired) electrons. The molecule has 2 atom stereocenters. The van der Waals surface area contributed by atoms with Crippen LogP contribution in [0.4, 0.5) is 0 Å². The third-order valence-corrected chi connectivity index (χ3v) is 4.44. The molecular weight excluding hydrogens is 284 g/mol. The Labute approximate surface area is 134 Å². The molecule has 1 fully saturated rings. The van der Waals surface area contributed by atoms with Crippen molar-refractivity contribution in [2.45, 2.75) is 52.1 Å². The lowest BCUT2D eigenvalue weighted by atomic mass is 9.78. The monoisotopic (exact) mass is 310 g/mol. The second-order valence-electron chi connectivity index (χ2n) is 6.17. The first-order chi connectivity index (χ1) is 9.61. The summed E-state index contributed by atoms with van der Waals surface area (Å²) in [5.41, 5.74) is 7.36. The standard InChI is InChI=1S/C17H26N2O.ClH/c1-12(2)15-5-3-4-6-16(15)19-17(20)14-9-7-13(11-18)8-10-14;/h7-10,12,15-16H,3-6,11,18H2,1-2H3,(H,19,20);1H. The molecule has 0 aromatic heterocycles. The third-order valence-electron chi connectivity index (χ3n) is 4.44. The zero-order chi connectivity index (χ0) is 14.5. The van der Waals surface area contributed by atoms with E-state index in [4.69, 9.17) is 5.73 Å². The summed E-state index contributed by atoms with van der Waals surface area (Å²) in [5.74, 6) is 1.28. The topological polar surface area (TPSA) is 55.1 Å². The summed E-state index contributed by atoms with van der Waals surface area (Å²) in [6.07, 6.45) is 4.85. The zero-order valence-corrected chi connectivity index (χ0v) is 13.8. The van der Waals surface area contributed by atoms with Crippen molar-refractivity contribution in [2.75, 3.05) is 0 Å². The lowest BCUT2D eigenvalue weighted by Crippen LogP contribution is -2.43. The Bertz CT molecular complexity index is 445. The first-order valence-corrected chi connectivity index (χ1v) is 7.71. The van der Waals surface area contributed by atoms with E-state index in [1.165, 1.54) is 19.3 Å². The minimum Gasteiger partial charge on any atom is -0.349 e. The van der Waals surface area contributed by atoms with Crippen molar-refractivity contribution in [3.63, 3.8) is 0 Å². The number of hydrogen-bond donors (Lipinski definition) is 2. The van der Waals surface area contributed by atoms with Crippen LogP contribution in [-0.4, -0.2) is 11.9 Å². The van der Waals surface area contributed by atoms with Crippen LogP contribution in [0.1, 0.15) is 55.5 Å². The van der Waals surface area contributed by atoms with E-state index in [9.17, 15) is 4.79 Å². The quantitative estimate of drug-likeness (QED) is 0.894. The van der Waals surface area contributed by atoms with Gasteiger partial charge in [0.1, 0.15) is 0 Å². The number of rotatable bonds is 4. The number of carbonyl (C=O) groups excluding carboxylic acids is 1. The second kappa shape index (κ2) is 8.40. The molecule has 0 saturated heterocycles. The highest BCUT2D eigenvalue weighted by Gasteiger charge is 2.28. The molecular formula is C17H27ClN2O. The molecule has 21 heavy (non-hydrogen) atoms. The average Bonchev–Trinajstić information content (AvgIpc) is 2.47. The predicted molar refractivity (Wildman–Crippen MR) is 89.6 cm³/mol. The minimum absolute atomic E-state index is 0. The van der Waals surface area contributed by atoms with Gasteiger partial charge in [0.15, 0.2) is 0 Å². The normalized spacial score (nSPS) is 21.7. The minimum atomic E-state index is 0. The second-order valence-corrected chi connectivity index (χ2v) is 6.17. The van der Waals surface area contributed by atoms with Gasteiger partial charge in [0, 0.05) is 18.2 Å². The first-order valence-electron chi connectivity index (χ1n) is 7.71. The Hall–Kier alpha value is -1.06. The summed E-state index contributed by atoms with van der Waals surface area (Å²) in [4.78, 5) is 12.3. The van der Waals surface area contributed by atoms with Gasteiger partial charge in [-0.3, -0.25) is 4.79 Å². The van der Waals surface area contributed by atoms with E-state index in [1.807, 2.05) is 24.3 Å². The molecule has 1 aromatic rings. The van der Waals surface area contributed by atoms with Crippen LogP contribution in [-0.2, 0) is 6.54 Å². The van der Waals surface area contributed by atoms with Gasteiger partial charge in [0.25, 0.3) is 5.91 Å². The first kappa shape index (κ1) is 18.0. The molecule has 0 heterocycles. The summed E-state index contributed by atoms with van der Waals surface area (Å²) < 4.78 is 0. The Morgan fingerprint density at radius 3 is 2.43 bits per heavy atom. The third kappa shape index (κ3) is 4.72. The molecule has 1 aromatic carbocycles. The molecule has 0 bridgehead atoms. The molecule has 4 heteroatoms. The maximum absolute atomic E-state index is 12.3. The molecule has 0 spiro atoms. The van der Waals surface area contributed by atoms with Crippen molar-refractivity contribution in [1.82, 2.24) is 5.32 Å². The van der Waals surface area contributed by atoms with Crippen LogP contribution in [0.25, 0.3) is 0 Å². The Kier molecular flexibility index (Phi) is 7.20. The summed E-state index contributed by atoms with van der Waals surface area (Å²) >= 11 is 0. The Balaban J connectivity index is 0.00000220. The predicted octanol–water partition coefficient (Wildman–Crippen LogP) is 3.51. The van der Waals surface area contributed by atoms with Crippen LogP contribution in [0.15, 0.2) is 24.3 Å². The molecule has 2 rings (SSSR count). The molecule has 0 aliphatic heterocycles. The molecule has 1 amide bonds. The highest BCUT2D eigenvalue weighted by atomic mass is 35.5. The number of amides is 1. The van der Waals surface area contributed by atoms with E-state index in [-0.39, 0.29) is 18.3 Å². The van der Waals surface area contributed by atoms with Crippen molar-refractivity contribution in [2.24, 2.45) is 17.6 Å². The molecule has 1 aliphatic carbocycles. The molecule has 118 valence electrons. The fourth-order valence-electron chi connectivity index (χ4n) is 3.18. The van der Waals surface area contributed by atoms with Crippen molar-refractivity contribution < 1.29 is 4.79 Å². The van der Waals surface area contributed by atoms with Crippen molar-refractivity contribution in [3.05, 3.63) is 35.4 Å². The van der Waals surface area contributed by atoms with Crippen LogP contribution in [0.5, 0.6) is 0 Å². The van der Waals surface area contributed by atoms with E-state index in [0.29, 0.717) is 24.4 Å². The Morgan fingerprint density at radius 2 is 1.86 bits per heavy atom. The molecule has 3 nitrogen and oxygen atoms in total. The molecule has 1 saturated carbocycles. The van der Waals surface area contributed by atoms with Crippen molar-refractivity contribution >= 4 is 18.3 Å². The van der Waals surface area contributed by atoms with Crippen LogP contribution in [0.2, 0.25) is 0 Å². The summed E-state index contributed by atoms with van der Waals surface area (Å²) in [6, 6.07) is 7.91.